The zero-order valence-corrected chi connectivity index (χ0v) is 16.1. The molecule has 2 bridgehead atoms. The van der Waals surface area contributed by atoms with Gasteiger partial charge in [0.25, 0.3) is 5.91 Å². The maximum atomic E-state index is 12.4. The monoisotopic (exact) mass is 378 g/mol. The van der Waals surface area contributed by atoms with E-state index in [0.29, 0.717) is 23.6 Å². The van der Waals surface area contributed by atoms with Crippen LogP contribution >= 0.6 is 0 Å². The largest absolute Gasteiger partial charge is 0.497 e. The molecule has 2 aromatic carbocycles. The van der Waals surface area contributed by atoms with Crippen LogP contribution in [0.4, 0.5) is 11.4 Å². The van der Waals surface area contributed by atoms with Gasteiger partial charge in [0.2, 0.25) is 5.91 Å². The van der Waals surface area contributed by atoms with Crippen molar-refractivity contribution in [2.75, 3.05) is 17.7 Å². The van der Waals surface area contributed by atoms with Crippen molar-refractivity contribution < 1.29 is 14.3 Å². The van der Waals surface area contributed by atoms with Gasteiger partial charge < -0.3 is 15.4 Å². The second-order valence-electron chi connectivity index (χ2n) is 7.95. The number of hydrogen-bond donors (Lipinski definition) is 2. The third-order valence-electron chi connectivity index (χ3n) is 6.11. The fraction of sp³-hybridized carbons (Fsp3) is 0.391. The molecule has 2 saturated carbocycles. The first-order valence-corrected chi connectivity index (χ1v) is 9.96. The summed E-state index contributed by atoms with van der Waals surface area (Å²) in [5, 5.41) is 5.82. The minimum absolute atomic E-state index is 0.0768. The number of methoxy groups -OCH3 is 1. The summed E-state index contributed by atoms with van der Waals surface area (Å²) in [6, 6.07) is 14.2. The van der Waals surface area contributed by atoms with Crippen molar-refractivity contribution in [3.63, 3.8) is 0 Å². The second kappa shape index (κ2) is 8.05. The number of nitrogens with one attached hydrogen (secondary N) is 2. The van der Waals surface area contributed by atoms with E-state index in [9.17, 15) is 9.59 Å². The molecule has 0 aliphatic heterocycles. The van der Waals surface area contributed by atoms with Crippen LogP contribution in [0, 0.1) is 17.8 Å². The maximum absolute atomic E-state index is 12.4. The molecule has 146 valence electrons. The molecule has 0 unspecified atom stereocenters. The SMILES string of the molecule is COc1ccc(NC(=O)c2ccc(NC(=O)C[C@H]3C[C@H]4CC[C@@H]3C4)cc2)cc1. The van der Waals surface area contributed by atoms with Gasteiger partial charge in [0, 0.05) is 23.4 Å². The van der Waals surface area contributed by atoms with Crippen molar-refractivity contribution in [1.29, 1.82) is 0 Å². The van der Waals surface area contributed by atoms with Crippen LogP contribution in [-0.4, -0.2) is 18.9 Å². The van der Waals surface area contributed by atoms with E-state index in [1.807, 2.05) is 0 Å². The van der Waals surface area contributed by atoms with Gasteiger partial charge in [0.05, 0.1) is 7.11 Å². The molecule has 0 radical (unpaired) electrons. The average molecular weight is 378 g/mol. The summed E-state index contributed by atoms with van der Waals surface area (Å²) in [7, 11) is 1.60. The Bertz CT molecular complexity index is 845. The standard InChI is InChI=1S/C23H26N2O3/c1-28-21-10-8-20(9-11-21)25-23(27)16-4-6-19(7-5-16)24-22(26)14-18-13-15-2-3-17(18)12-15/h4-11,15,17-18H,2-3,12-14H2,1H3,(H,24,26)(H,25,27)/t15-,17+,18+/m0/s1. The van der Waals surface area contributed by atoms with Gasteiger partial charge in [-0.1, -0.05) is 6.42 Å². The molecule has 2 fully saturated rings. The van der Waals surface area contributed by atoms with Gasteiger partial charge in [-0.3, -0.25) is 9.59 Å². The molecular weight excluding hydrogens is 352 g/mol. The minimum atomic E-state index is -0.190. The minimum Gasteiger partial charge on any atom is -0.497 e. The molecule has 2 aliphatic rings. The average Bonchev–Trinajstić information content (AvgIpc) is 3.32. The zero-order valence-electron chi connectivity index (χ0n) is 16.1. The van der Waals surface area contributed by atoms with Crippen molar-refractivity contribution in [2.45, 2.75) is 32.1 Å². The van der Waals surface area contributed by atoms with Gasteiger partial charge >= 0.3 is 0 Å². The number of hydrogen-bond acceptors (Lipinski definition) is 3. The lowest BCUT2D eigenvalue weighted by molar-refractivity contribution is -0.117. The predicted molar refractivity (Wildman–Crippen MR) is 110 cm³/mol. The first kappa shape index (κ1) is 18.5. The molecule has 0 spiro atoms. The predicted octanol–water partition coefficient (Wildman–Crippen LogP) is 4.71. The Labute approximate surface area is 165 Å². The van der Waals surface area contributed by atoms with Gasteiger partial charge in [-0.05, 0) is 85.5 Å². The van der Waals surface area contributed by atoms with Crippen LogP contribution in [0.15, 0.2) is 48.5 Å². The highest BCUT2D eigenvalue weighted by Gasteiger charge is 2.40. The molecular formula is C23H26N2O3. The Balaban J connectivity index is 1.30. The summed E-state index contributed by atoms with van der Waals surface area (Å²) in [4.78, 5) is 24.7. The summed E-state index contributed by atoms with van der Waals surface area (Å²) in [5.41, 5.74) is 1.98. The summed E-state index contributed by atoms with van der Waals surface area (Å²) >= 11 is 0. The number of carbonyl (C=O) groups is 2. The number of rotatable bonds is 6. The topological polar surface area (TPSA) is 67.4 Å². The third-order valence-corrected chi connectivity index (χ3v) is 6.11. The highest BCUT2D eigenvalue weighted by molar-refractivity contribution is 6.04. The molecule has 0 saturated heterocycles. The molecule has 0 heterocycles. The maximum Gasteiger partial charge on any atom is 0.255 e. The van der Waals surface area contributed by atoms with Crippen molar-refractivity contribution in [3.8, 4) is 5.75 Å². The number of anilines is 2. The van der Waals surface area contributed by atoms with Gasteiger partial charge in [-0.25, -0.2) is 0 Å². The molecule has 5 nitrogen and oxygen atoms in total. The number of ether oxygens (including phenoxy) is 1. The smallest absolute Gasteiger partial charge is 0.255 e. The van der Waals surface area contributed by atoms with Crippen molar-refractivity contribution in [1.82, 2.24) is 0 Å². The van der Waals surface area contributed by atoms with E-state index in [4.69, 9.17) is 4.74 Å². The first-order valence-electron chi connectivity index (χ1n) is 9.96. The summed E-state index contributed by atoms with van der Waals surface area (Å²) < 4.78 is 5.11. The number of carbonyl (C=O) groups excluding carboxylic acids is 2. The number of benzene rings is 2. The van der Waals surface area contributed by atoms with Gasteiger partial charge in [-0.2, -0.15) is 0 Å². The normalized spacial score (nSPS) is 22.7. The van der Waals surface area contributed by atoms with Crippen molar-refractivity contribution in [3.05, 3.63) is 54.1 Å². The Morgan fingerprint density at radius 3 is 2.21 bits per heavy atom. The van der Waals surface area contributed by atoms with E-state index in [0.717, 1.165) is 23.3 Å². The summed E-state index contributed by atoms with van der Waals surface area (Å²) in [5.74, 6) is 2.78. The second-order valence-corrected chi connectivity index (χ2v) is 7.95. The highest BCUT2D eigenvalue weighted by atomic mass is 16.5. The molecule has 2 amide bonds. The van der Waals surface area contributed by atoms with Crippen LogP contribution in [-0.2, 0) is 4.79 Å². The van der Waals surface area contributed by atoms with Gasteiger partial charge in [0.15, 0.2) is 0 Å². The van der Waals surface area contributed by atoms with Crippen LogP contribution in [0.3, 0.4) is 0 Å². The molecule has 28 heavy (non-hydrogen) atoms. The van der Waals surface area contributed by atoms with Gasteiger partial charge in [0.1, 0.15) is 5.75 Å². The van der Waals surface area contributed by atoms with E-state index < -0.39 is 0 Å². The van der Waals surface area contributed by atoms with E-state index in [1.165, 1.54) is 25.7 Å². The van der Waals surface area contributed by atoms with Crippen LogP contribution < -0.4 is 15.4 Å². The van der Waals surface area contributed by atoms with E-state index in [1.54, 1.807) is 55.6 Å². The van der Waals surface area contributed by atoms with E-state index in [2.05, 4.69) is 10.6 Å². The lowest BCUT2D eigenvalue weighted by atomic mass is 9.86. The molecule has 3 atom stereocenters. The fourth-order valence-corrected chi connectivity index (χ4v) is 4.66. The van der Waals surface area contributed by atoms with Crippen LogP contribution in [0.1, 0.15) is 42.5 Å². The lowest BCUT2D eigenvalue weighted by Gasteiger charge is -2.20. The highest BCUT2D eigenvalue weighted by Crippen LogP contribution is 2.49. The summed E-state index contributed by atoms with van der Waals surface area (Å²) in [6.07, 6.45) is 5.78. The summed E-state index contributed by atoms with van der Waals surface area (Å²) in [6.45, 7) is 0. The lowest BCUT2D eigenvalue weighted by Crippen LogP contribution is -2.20. The van der Waals surface area contributed by atoms with Crippen LogP contribution in [0.2, 0.25) is 0 Å². The quantitative estimate of drug-likeness (QED) is 0.765. The molecule has 5 heteroatoms. The van der Waals surface area contributed by atoms with E-state index in [-0.39, 0.29) is 11.8 Å². The molecule has 4 rings (SSSR count). The third kappa shape index (κ3) is 4.19. The van der Waals surface area contributed by atoms with Crippen molar-refractivity contribution in [2.24, 2.45) is 17.8 Å². The zero-order chi connectivity index (χ0) is 19.5. The Morgan fingerprint density at radius 1 is 0.929 bits per heavy atom. The number of fused-ring (bicyclic) bond motifs is 2. The Kier molecular flexibility index (Phi) is 5.33. The Morgan fingerprint density at radius 2 is 1.61 bits per heavy atom. The fourth-order valence-electron chi connectivity index (χ4n) is 4.66. The van der Waals surface area contributed by atoms with Crippen LogP contribution in [0.25, 0.3) is 0 Å². The molecule has 2 N–H and O–H groups in total. The van der Waals surface area contributed by atoms with Crippen LogP contribution in [0.5, 0.6) is 5.75 Å². The molecule has 0 aromatic heterocycles. The van der Waals surface area contributed by atoms with Crippen molar-refractivity contribution >= 4 is 23.2 Å². The first-order chi connectivity index (χ1) is 13.6. The van der Waals surface area contributed by atoms with Gasteiger partial charge in [-0.15, -0.1) is 0 Å². The Hall–Kier alpha value is -2.82. The number of amides is 2. The molecule has 2 aliphatic carbocycles. The van der Waals surface area contributed by atoms with E-state index >= 15 is 0 Å². The molecule has 2 aromatic rings.